The predicted octanol–water partition coefficient (Wildman–Crippen LogP) is 4.75. The maximum atomic E-state index is 13.4. The van der Waals surface area contributed by atoms with Gasteiger partial charge in [-0.05, 0) is 35.4 Å². The third kappa shape index (κ3) is 3.76. The van der Waals surface area contributed by atoms with E-state index in [2.05, 4.69) is 0 Å². The summed E-state index contributed by atoms with van der Waals surface area (Å²) in [5.41, 5.74) is 0.748. The molecule has 0 aliphatic carbocycles. The molecule has 0 spiro atoms. The lowest BCUT2D eigenvalue weighted by atomic mass is 9.89. The van der Waals surface area contributed by atoms with Gasteiger partial charge in [0.15, 0.2) is 6.10 Å². The Morgan fingerprint density at radius 2 is 1.48 bits per heavy atom. The Labute approximate surface area is 187 Å². The summed E-state index contributed by atoms with van der Waals surface area (Å²) in [6, 6.07) is 21.7. The van der Waals surface area contributed by atoms with Crippen molar-refractivity contribution in [1.82, 2.24) is 4.90 Å². The summed E-state index contributed by atoms with van der Waals surface area (Å²) >= 11 is 0. The highest BCUT2D eigenvalue weighted by Crippen LogP contribution is 2.47. The molecule has 0 aromatic heterocycles. The van der Waals surface area contributed by atoms with Crippen LogP contribution in [0.2, 0.25) is 0 Å². The molecule has 8 heteroatoms. The molecule has 0 N–H and O–H groups in total. The lowest BCUT2D eigenvalue weighted by Gasteiger charge is -2.29. The fraction of sp³-hybridized carbons (Fsp3) is 0.200. The molecule has 2 heterocycles. The zero-order valence-electron chi connectivity index (χ0n) is 17.3. The summed E-state index contributed by atoms with van der Waals surface area (Å²) in [5.74, 6) is -1.93. The highest BCUT2D eigenvalue weighted by Gasteiger charge is 2.59. The molecule has 168 valence electrons. The molecule has 5 nitrogen and oxygen atoms in total. The summed E-state index contributed by atoms with van der Waals surface area (Å²) in [6.45, 7) is 0.0789. The molecular weight excluding hydrogens is 433 g/mol. The molecule has 3 aromatic carbocycles. The van der Waals surface area contributed by atoms with E-state index in [1.54, 1.807) is 54.6 Å². The number of anilines is 1. The largest absolute Gasteiger partial charge is 0.416 e. The van der Waals surface area contributed by atoms with Gasteiger partial charge in [-0.3, -0.25) is 19.3 Å². The van der Waals surface area contributed by atoms with Gasteiger partial charge in [0.2, 0.25) is 5.91 Å². The van der Waals surface area contributed by atoms with Crippen LogP contribution in [-0.4, -0.2) is 22.8 Å². The van der Waals surface area contributed by atoms with Crippen LogP contribution in [0.5, 0.6) is 0 Å². The maximum Gasteiger partial charge on any atom is 0.416 e. The average Bonchev–Trinajstić information content (AvgIpc) is 3.32. The molecule has 2 aliphatic heterocycles. The van der Waals surface area contributed by atoms with Crippen LogP contribution < -0.4 is 5.06 Å². The number of halogens is 3. The van der Waals surface area contributed by atoms with Crippen LogP contribution in [0.3, 0.4) is 0 Å². The van der Waals surface area contributed by atoms with Crippen molar-refractivity contribution < 1.29 is 27.6 Å². The smallest absolute Gasteiger partial charge is 0.275 e. The van der Waals surface area contributed by atoms with Crippen molar-refractivity contribution in [2.45, 2.75) is 24.9 Å². The lowest BCUT2D eigenvalue weighted by molar-refractivity contribution is -0.143. The Kier molecular flexibility index (Phi) is 5.17. The van der Waals surface area contributed by atoms with Crippen LogP contribution in [0, 0.1) is 5.92 Å². The lowest BCUT2D eigenvalue weighted by Crippen LogP contribution is -2.37. The van der Waals surface area contributed by atoms with Crippen LogP contribution in [0.1, 0.15) is 22.7 Å². The Bertz CT molecular complexity index is 1180. The van der Waals surface area contributed by atoms with Gasteiger partial charge in [0.25, 0.3) is 5.91 Å². The first kappa shape index (κ1) is 21.2. The second-order valence-electron chi connectivity index (χ2n) is 8.03. The number of imide groups is 1. The molecule has 2 amide bonds. The topological polar surface area (TPSA) is 49.9 Å². The molecule has 0 saturated carbocycles. The van der Waals surface area contributed by atoms with Gasteiger partial charge < -0.3 is 0 Å². The van der Waals surface area contributed by atoms with E-state index in [1.165, 1.54) is 17.2 Å². The Balaban J connectivity index is 1.55. The van der Waals surface area contributed by atoms with Gasteiger partial charge in [-0.1, -0.05) is 60.7 Å². The normalized spacial score (nSPS) is 22.7. The molecule has 2 saturated heterocycles. The number of nitrogens with zero attached hydrogens (tertiary/aromatic N) is 2. The monoisotopic (exact) mass is 452 g/mol. The van der Waals surface area contributed by atoms with Gasteiger partial charge in [0.1, 0.15) is 5.92 Å². The minimum atomic E-state index is -4.54. The van der Waals surface area contributed by atoms with E-state index in [1.807, 2.05) is 6.07 Å². The van der Waals surface area contributed by atoms with Crippen molar-refractivity contribution in [3.05, 3.63) is 102 Å². The zero-order valence-corrected chi connectivity index (χ0v) is 17.3. The first-order chi connectivity index (χ1) is 15.8. The van der Waals surface area contributed by atoms with E-state index in [-0.39, 0.29) is 12.1 Å². The molecule has 2 aliphatic rings. The number of amides is 2. The number of carbonyl (C=O) groups is 2. The molecule has 33 heavy (non-hydrogen) atoms. The zero-order chi connectivity index (χ0) is 23.2. The first-order valence-electron chi connectivity index (χ1n) is 10.4. The number of benzene rings is 3. The second kappa shape index (κ2) is 8.04. The quantitative estimate of drug-likeness (QED) is 0.536. The van der Waals surface area contributed by atoms with E-state index < -0.39 is 41.6 Å². The molecule has 2 fully saturated rings. The standard InChI is InChI=1S/C25H19F3N2O3/c26-25(27,28)18-11-7-10-17(14-18)21-20-22(33-30(21)19-12-5-2-6-13-19)24(32)29(23(20)31)15-16-8-3-1-4-9-16/h1-14,20-22H,15H2/t20-,21-,22-/m1/s1. The minimum absolute atomic E-state index is 0.0789. The Morgan fingerprint density at radius 1 is 0.818 bits per heavy atom. The van der Waals surface area contributed by atoms with Crippen LogP contribution >= 0.6 is 0 Å². The third-order valence-electron chi connectivity index (χ3n) is 5.96. The summed E-state index contributed by atoms with van der Waals surface area (Å²) in [4.78, 5) is 33.7. The number of para-hydroxylation sites is 1. The van der Waals surface area contributed by atoms with Crippen molar-refractivity contribution in [2.24, 2.45) is 5.92 Å². The Morgan fingerprint density at radius 3 is 2.15 bits per heavy atom. The number of hydroxylamine groups is 1. The molecule has 0 unspecified atom stereocenters. The van der Waals surface area contributed by atoms with Crippen LogP contribution in [0.25, 0.3) is 0 Å². The predicted molar refractivity (Wildman–Crippen MR) is 113 cm³/mol. The number of alkyl halides is 3. The Hall–Kier alpha value is -3.65. The van der Waals surface area contributed by atoms with Gasteiger partial charge in [0, 0.05) is 0 Å². The summed E-state index contributed by atoms with van der Waals surface area (Å²) in [5, 5.41) is 1.39. The number of fused-ring (bicyclic) bond motifs is 1. The van der Waals surface area contributed by atoms with Gasteiger partial charge >= 0.3 is 6.18 Å². The number of hydrogen-bond donors (Lipinski definition) is 0. The summed E-state index contributed by atoms with van der Waals surface area (Å²) in [6.07, 6.45) is -5.65. The van der Waals surface area contributed by atoms with Crippen molar-refractivity contribution in [2.75, 3.05) is 5.06 Å². The van der Waals surface area contributed by atoms with E-state index in [0.717, 1.165) is 22.6 Å². The SMILES string of the molecule is O=C1[C@@H]2[C@@H](c3cccc(C(F)(F)F)c3)N(c3ccccc3)O[C@H]2C(=O)N1Cc1ccccc1. The fourth-order valence-corrected chi connectivity index (χ4v) is 4.43. The number of likely N-dealkylation sites (tertiary alicyclic amines) is 1. The molecule has 3 aromatic rings. The van der Waals surface area contributed by atoms with Crippen molar-refractivity contribution >= 4 is 17.5 Å². The van der Waals surface area contributed by atoms with Crippen molar-refractivity contribution in [1.29, 1.82) is 0 Å². The van der Waals surface area contributed by atoms with Gasteiger partial charge in [0.05, 0.1) is 23.8 Å². The number of carbonyl (C=O) groups excluding carboxylic acids is 2. The van der Waals surface area contributed by atoms with E-state index in [9.17, 15) is 22.8 Å². The van der Waals surface area contributed by atoms with Crippen LogP contribution in [0.4, 0.5) is 18.9 Å². The van der Waals surface area contributed by atoms with E-state index in [0.29, 0.717) is 5.69 Å². The minimum Gasteiger partial charge on any atom is -0.275 e. The van der Waals surface area contributed by atoms with Gasteiger partial charge in [-0.2, -0.15) is 13.2 Å². The first-order valence-corrected chi connectivity index (χ1v) is 10.4. The fourth-order valence-electron chi connectivity index (χ4n) is 4.43. The maximum absolute atomic E-state index is 13.4. The van der Waals surface area contributed by atoms with Crippen molar-refractivity contribution in [3.8, 4) is 0 Å². The molecular formula is C25H19F3N2O3. The van der Waals surface area contributed by atoms with Gasteiger partial charge in [-0.25, -0.2) is 5.06 Å². The van der Waals surface area contributed by atoms with Crippen molar-refractivity contribution in [3.63, 3.8) is 0 Å². The molecule has 3 atom stereocenters. The summed E-state index contributed by atoms with van der Waals surface area (Å²) < 4.78 is 40.2. The van der Waals surface area contributed by atoms with Gasteiger partial charge in [-0.15, -0.1) is 0 Å². The summed E-state index contributed by atoms with van der Waals surface area (Å²) in [7, 11) is 0. The highest BCUT2D eigenvalue weighted by atomic mass is 19.4. The molecule has 0 bridgehead atoms. The highest BCUT2D eigenvalue weighted by molar-refractivity contribution is 6.07. The average molecular weight is 452 g/mol. The third-order valence-corrected chi connectivity index (χ3v) is 5.96. The van der Waals surface area contributed by atoms with Crippen LogP contribution in [0.15, 0.2) is 84.9 Å². The number of rotatable bonds is 4. The van der Waals surface area contributed by atoms with E-state index >= 15 is 0 Å². The number of hydrogen-bond acceptors (Lipinski definition) is 4. The van der Waals surface area contributed by atoms with E-state index in [4.69, 9.17) is 4.84 Å². The molecule has 0 radical (unpaired) electrons. The molecule has 5 rings (SSSR count). The van der Waals surface area contributed by atoms with Crippen LogP contribution in [-0.2, 0) is 27.1 Å². The second-order valence-corrected chi connectivity index (χ2v) is 8.03.